The molecule has 0 aromatic heterocycles. The molecule has 14 heavy (non-hydrogen) atoms. The molecule has 0 fully saturated rings. The summed E-state index contributed by atoms with van der Waals surface area (Å²) in [6, 6.07) is 0. The number of aliphatic hydroxyl groups is 2. The molecule has 0 bridgehead atoms. The summed E-state index contributed by atoms with van der Waals surface area (Å²) < 4.78 is 4.82. The van der Waals surface area contributed by atoms with Gasteiger partial charge < -0.3 is 14.9 Å². The van der Waals surface area contributed by atoms with E-state index in [0.29, 0.717) is 6.61 Å². The number of ether oxygens (including phenoxy) is 1. The zero-order chi connectivity index (χ0) is 10.6. The van der Waals surface area contributed by atoms with Crippen molar-refractivity contribution in [2.45, 2.75) is 25.7 Å². The fourth-order valence-electron chi connectivity index (χ4n) is 0.937. The van der Waals surface area contributed by atoms with Crippen LogP contribution in [0.1, 0.15) is 25.7 Å². The molecule has 0 aromatic carbocycles. The first kappa shape index (κ1) is 13.1. The zero-order valence-electron chi connectivity index (χ0n) is 8.32. The molecule has 2 N–H and O–H groups in total. The van der Waals surface area contributed by atoms with Gasteiger partial charge in [-0.25, -0.2) is 4.79 Å². The number of rotatable bonds is 8. The fraction of sp³-hybridized carbons (Fsp3) is 0.700. The highest BCUT2D eigenvalue weighted by molar-refractivity contribution is 5.81. The van der Waals surface area contributed by atoms with Gasteiger partial charge in [0.1, 0.15) is 0 Å². The summed E-state index contributed by atoms with van der Waals surface area (Å²) >= 11 is 0. The third kappa shape index (κ3) is 9.22. The molecule has 0 spiro atoms. The van der Waals surface area contributed by atoms with Gasteiger partial charge in [0.25, 0.3) is 0 Å². The minimum atomic E-state index is -0.416. The van der Waals surface area contributed by atoms with Gasteiger partial charge in [-0.1, -0.05) is 12.5 Å². The Morgan fingerprint density at radius 1 is 1.14 bits per heavy atom. The zero-order valence-corrected chi connectivity index (χ0v) is 8.32. The van der Waals surface area contributed by atoms with E-state index in [4.69, 9.17) is 14.9 Å². The van der Waals surface area contributed by atoms with Crippen molar-refractivity contribution in [3.05, 3.63) is 12.2 Å². The van der Waals surface area contributed by atoms with Crippen LogP contribution in [0.3, 0.4) is 0 Å². The van der Waals surface area contributed by atoms with Gasteiger partial charge >= 0.3 is 5.97 Å². The van der Waals surface area contributed by atoms with E-state index >= 15 is 0 Å². The molecule has 0 unspecified atom stereocenters. The average Bonchev–Trinajstić information content (AvgIpc) is 2.20. The fourth-order valence-corrected chi connectivity index (χ4v) is 0.937. The molecule has 0 aromatic rings. The van der Waals surface area contributed by atoms with Crippen molar-refractivity contribution < 1.29 is 19.7 Å². The van der Waals surface area contributed by atoms with E-state index in [1.165, 1.54) is 12.2 Å². The Morgan fingerprint density at radius 3 is 2.50 bits per heavy atom. The van der Waals surface area contributed by atoms with Crippen LogP contribution in [0.15, 0.2) is 12.2 Å². The molecule has 0 saturated heterocycles. The Bertz CT molecular complexity index is 166. The maximum absolute atomic E-state index is 10.8. The van der Waals surface area contributed by atoms with E-state index in [1.54, 1.807) is 0 Å². The lowest BCUT2D eigenvalue weighted by atomic mass is 10.2. The maximum Gasteiger partial charge on any atom is 0.330 e. The number of carbonyl (C=O) groups is 1. The number of carbonyl (C=O) groups excluding carboxylic acids is 1. The van der Waals surface area contributed by atoms with Crippen LogP contribution in [0.25, 0.3) is 0 Å². The van der Waals surface area contributed by atoms with Crippen LogP contribution in [0.2, 0.25) is 0 Å². The van der Waals surface area contributed by atoms with Crippen LogP contribution >= 0.6 is 0 Å². The number of aliphatic hydroxyl groups excluding tert-OH is 2. The molecule has 0 rings (SSSR count). The van der Waals surface area contributed by atoms with Crippen molar-refractivity contribution in [3.63, 3.8) is 0 Å². The maximum atomic E-state index is 10.8. The SMILES string of the molecule is O=C(C=CCO)OCCCCCCO. The van der Waals surface area contributed by atoms with Gasteiger partial charge in [0.05, 0.1) is 13.2 Å². The Kier molecular flexibility index (Phi) is 9.58. The Balaban J connectivity index is 3.19. The lowest BCUT2D eigenvalue weighted by Crippen LogP contribution is -2.02. The lowest BCUT2D eigenvalue weighted by molar-refractivity contribution is -0.137. The molecule has 0 saturated carbocycles. The highest BCUT2D eigenvalue weighted by atomic mass is 16.5. The quantitative estimate of drug-likeness (QED) is 0.344. The van der Waals surface area contributed by atoms with Crippen molar-refractivity contribution in [2.75, 3.05) is 19.8 Å². The van der Waals surface area contributed by atoms with E-state index < -0.39 is 5.97 Å². The predicted molar refractivity (Wildman–Crippen MR) is 52.7 cm³/mol. The minimum absolute atomic E-state index is 0.147. The normalized spacial score (nSPS) is 10.7. The van der Waals surface area contributed by atoms with Crippen LogP contribution < -0.4 is 0 Å². The first-order valence-corrected chi connectivity index (χ1v) is 4.86. The number of hydrogen-bond acceptors (Lipinski definition) is 4. The Morgan fingerprint density at radius 2 is 1.86 bits per heavy atom. The van der Waals surface area contributed by atoms with Gasteiger partial charge in [-0.3, -0.25) is 0 Å². The number of esters is 1. The van der Waals surface area contributed by atoms with Gasteiger partial charge in [0.15, 0.2) is 0 Å². The summed E-state index contributed by atoms with van der Waals surface area (Å²) in [7, 11) is 0. The van der Waals surface area contributed by atoms with Crippen LogP contribution in [-0.2, 0) is 9.53 Å². The number of unbranched alkanes of at least 4 members (excludes halogenated alkanes) is 3. The molecule has 0 heterocycles. The summed E-state index contributed by atoms with van der Waals surface area (Å²) in [5, 5.41) is 16.9. The Labute approximate surface area is 84.2 Å². The second kappa shape index (κ2) is 10.2. The lowest BCUT2D eigenvalue weighted by Gasteiger charge is -2.01. The molecule has 0 atom stereocenters. The van der Waals surface area contributed by atoms with Crippen LogP contribution in [0, 0.1) is 0 Å². The predicted octanol–water partition coefficient (Wildman–Crippen LogP) is 0.631. The summed E-state index contributed by atoms with van der Waals surface area (Å²) in [5.41, 5.74) is 0. The molecule has 4 heteroatoms. The number of hydrogen-bond donors (Lipinski definition) is 2. The van der Waals surface area contributed by atoms with Crippen LogP contribution in [0.4, 0.5) is 0 Å². The van der Waals surface area contributed by atoms with Crippen LogP contribution in [-0.4, -0.2) is 36.0 Å². The first-order valence-electron chi connectivity index (χ1n) is 4.86. The molecule has 0 aliphatic rings. The van der Waals surface area contributed by atoms with E-state index in [9.17, 15) is 4.79 Å². The smallest absolute Gasteiger partial charge is 0.330 e. The van der Waals surface area contributed by atoms with Gasteiger partial charge in [-0.05, 0) is 19.3 Å². The van der Waals surface area contributed by atoms with Crippen molar-refractivity contribution in [1.29, 1.82) is 0 Å². The molecule has 82 valence electrons. The highest BCUT2D eigenvalue weighted by Crippen LogP contribution is 1.99. The van der Waals surface area contributed by atoms with Gasteiger partial charge in [-0.2, -0.15) is 0 Å². The minimum Gasteiger partial charge on any atom is -0.463 e. The highest BCUT2D eigenvalue weighted by Gasteiger charge is 1.95. The largest absolute Gasteiger partial charge is 0.463 e. The van der Waals surface area contributed by atoms with Gasteiger partial charge in [0, 0.05) is 12.7 Å². The molecule has 4 nitrogen and oxygen atoms in total. The van der Waals surface area contributed by atoms with Crippen molar-refractivity contribution in [1.82, 2.24) is 0 Å². The third-order valence-corrected chi connectivity index (χ3v) is 1.66. The average molecular weight is 202 g/mol. The summed E-state index contributed by atoms with van der Waals surface area (Å²) in [4.78, 5) is 10.8. The van der Waals surface area contributed by atoms with E-state index in [1.807, 2.05) is 0 Å². The Hall–Kier alpha value is -0.870. The monoisotopic (exact) mass is 202 g/mol. The van der Waals surface area contributed by atoms with E-state index in [2.05, 4.69) is 0 Å². The summed E-state index contributed by atoms with van der Waals surface area (Å²) in [6.45, 7) is 0.477. The van der Waals surface area contributed by atoms with Crippen molar-refractivity contribution in [3.8, 4) is 0 Å². The first-order chi connectivity index (χ1) is 6.81. The van der Waals surface area contributed by atoms with Crippen molar-refractivity contribution in [2.24, 2.45) is 0 Å². The standard InChI is InChI=1S/C10H18O4/c11-7-3-1-2-4-9-14-10(13)6-5-8-12/h5-6,11-12H,1-4,7-9H2. The third-order valence-electron chi connectivity index (χ3n) is 1.66. The van der Waals surface area contributed by atoms with E-state index in [-0.39, 0.29) is 13.2 Å². The molecule has 0 aliphatic carbocycles. The molecular formula is C10H18O4. The summed E-state index contributed by atoms with van der Waals surface area (Å²) in [5.74, 6) is -0.416. The second-order valence-electron chi connectivity index (χ2n) is 2.89. The van der Waals surface area contributed by atoms with Crippen molar-refractivity contribution >= 4 is 5.97 Å². The van der Waals surface area contributed by atoms with Crippen LogP contribution in [0.5, 0.6) is 0 Å². The molecule has 0 aliphatic heterocycles. The molecule has 0 radical (unpaired) electrons. The molecular weight excluding hydrogens is 184 g/mol. The summed E-state index contributed by atoms with van der Waals surface area (Å²) in [6.07, 6.45) is 6.09. The second-order valence-corrected chi connectivity index (χ2v) is 2.89. The van der Waals surface area contributed by atoms with Gasteiger partial charge in [0.2, 0.25) is 0 Å². The van der Waals surface area contributed by atoms with E-state index in [0.717, 1.165) is 25.7 Å². The topological polar surface area (TPSA) is 66.8 Å². The van der Waals surface area contributed by atoms with Gasteiger partial charge in [-0.15, -0.1) is 0 Å². The molecule has 0 amide bonds.